The number of ether oxygens (including phenoxy) is 4. The highest BCUT2D eigenvalue weighted by Gasteiger charge is 2.51. The number of hydrogen-bond donors (Lipinski definition) is 5. The number of esters is 1. The lowest BCUT2D eigenvalue weighted by Crippen LogP contribution is -2.60. The molecule has 3 heterocycles. The predicted molar refractivity (Wildman–Crippen MR) is 227 cm³/mol. The molecule has 16 nitrogen and oxygen atoms in total. The van der Waals surface area contributed by atoms with Gasteiger partial charge in [0.25, 0.3) is 0 Å². The maximum Gasteiger partial charge on any atom is 0.309 e. The van der Waals surface area contributed by atoms with E-state index in [0.29, 0.717) is 25.9 Å². The van der Waals surface area contributed by atoms with Crippen LogP contribution in [0.25, 0.3) is 11.3 Å². The lowest BCUT2D eigenvalue weighted by atomic mass is 9.72. The van der Waals surface area contributed by atoms with E-state index in [1.807, 2.05) is 65.2 Å². The Morgan fingerprint density at radius 1 is 1.02 bits per heavy atom. The first kappa shape index (κ1) is 50.3. The zero-order chi connectivity index (χ0) is 45.4. The average Bonchev–Trinajstić information content (AvgIpc) is 3.72. The molecule has 2 fully saturated rings. The van der Waals surface area contributed by atoms with E-state index in [0.717, 1.165) is 29.7 Å². The minimum atomic E-state index is -1.87. The Balaban J connectivity index is 1.52. The van der Waals surface area contributed by atoms with Crippen molar-refractivity contribution < 1.29 is 53.9 Å². The molecule has 1 aromatic heterocycles. The fraction of sp³-hybridized carbons (Fsp3) is 0.756. The van der Waals surface area contributed by atoms with Gasteiger partial charge in [0.05, 0.1) is 36.0 Å². The molecule has 2 aromatic rings. The summed E-state index contributed by atoms with van der Waals surface area (Å²) in [5, 5.41) is 52.1. The minimum Gasteiger partial charge on any atom is -0.459 e. The highest BCUT2D eigenvalue weighted by Crippen LogP contribution is 2.41. The molecule has 2 aliphatic heterocycles. The van der Waals surface area contributed by atoms with E-state index < -0.39 is 65.6 Å². The zero-order valence-corrected chi connectivity index (χ0v) is 38.1. The molecule has 0 bridgehead atoms. The summed E-state index contributed by atoms with van der Waals surface area (Å²) in [6.45, 7) is 17.2. The van der Waals surface area contributed by atoms with Gasteiger partial charge < -0.3 is 34.3 Å². The topological polar surface area (TPSA) is 215 Å². The van der Waals surface area contributed by atoms with Gasteiger partial charge in [-0.05, 0) is 77.3 Å². The molecule has 0 aliphatic carbocycles. The molecule has 16 heteroatoms. The van der Waals surface area contributed by atoms with E-state index >= 15 is 0 Å². The monoisotopic (exact) mass is 860 g/mol. The Bertz CT molecular complexity index is 1720. The van der Waals surface area contributed by atoms with Crippen LogP contribution in [0, 0.1) is 29.6 Å². The van der Waals surface area contributed by atoms with Gasteiger partial charge in [-0.1, -0.05) is 77.4 Å². The Morgan fingerprint density at radius 2 is 1.69 bits per heavy atom. The molecule has 2 saturated heterocycles. The molecule has 344 valence electrons. The number of aliphatic hydroxyl groups excluding tert-OH is 2. The molecular formula is C45H73N5O11. The van der Waals surface area contributed by atoms with Gasteiger partial charge in [0.1, 0.15) is 29.3 Å². The van der Waals surface area contributed by atoms with E-state index in [1.165, 1.54) is 6.92 Å². The van der Waals surface area contributed by atoms with Gasteiger partial charge in [0, 0.05) is 50.1 Å². The number of likely N-dealkylation sites (N-methyl/N-ethyl adjacent to an activating group) is 1. The molecule has 5 N–H and O–H groups in total. The third-order valence-corrected chi connectivity index (χ3v) is 13.6. The fourth-order valence-electron chi connectivity index (χ4n) is 9.20. The second-order valence-corrected chi connectivity index (χ2v) is 18.3. The van der Waals surface area contributed by atoms with Crippen LogP contribution in [-0.2, 0) is 46.4 Å². The number of methoxy groups -OCH3 is 1. The van der Waals surface area contributed by atoms with Crippen molar-refractivity contribution in [2.24, 2.45) is 29.6 Å². The van der Waals surface area contributed by atoms with Crippen molar-refractivity contribution in [3.05, 3.63) is 36.0 Å². The Hall–Kier alpha value is -3.35. The first-order valence-corrected chi connectivity index (χ1v) is 22.0. The highest BCUT2D eigenvalue weighted by atomic mass is 16.7. The molecule has 14 atom stereocenters. The molecular weight excluding hydrogens is 787 g/mol. The van der Waals surface area contributed by atoms with Crippen LogP contribution < -0.4 is 5.48 Å². The average molecular weight is 860 g/mol. The molecule has 0 radical (unpaired) electrons. The Morgan fingerprint density at radius 3 is 2.31 bits per heavy atom. The summed E-state index contributed by atoms with van der Waals surface area (Å²) < 4.78 is 27.1. The number of carbonyl (C=O) groups excluding carboxylic acids is 3. The van der Waals surface area contributed by atoms with Crippen molar-refractivity contribution in [2.45, 2.75) is 174 Å². The number of carbonyl (C=O) groups is 3. The molecule has 1 amide bonds. The number of hydrogen-bond acceptors (Lipinski definition) is 14. The number of cyclic esters (lactones) is 1. The van der Waals surface area contributed by atoms with E-state index in [-0.39, 0.29) is 54.9 Å². The van der Waals surface area contributed by atoms with Crippen LogP contribution in [0.15, 0.2) is 30.5 Å². The number of ketones is 1. The van der Waals surface area contributed by atoms with Gasteiger partial charge in [-0.3, -0.25) is 29.2 Å². The van der Waals surface area contributed by atoms with Gasteiger partial charge in [-0.25, -0.2) is 5.48 Å². The molecule has 4 rings (SSSR count). The molecule has 1 aromatic carbocycles. The maximum absolute atomic E-state index is 13.9. The number of rotatable bonds is 14. The van der Waals surface area contributed by atoms with Crippen LogP contribution in [0.2, 0.25) is 0 Å². The van der Waals surface area contributed by atoms with Crippen molar-refractivity contribution in [3.8, 4) is 11.3 Å². The number of benzene rings is 1. The number of nitrogens with zero attached hydrogens (tertiary/aromatic N) is 4. The number of hydroxylamine groups is 1. The van der Waals surface area contributed by atoms with Crippen molar-refractivity contribution in [2.75, 3.05) is 14.2 Å². The van der Waals surface area contributed by atoms with Crippen LogP contribution in [0.1, 0.15) is 113 Å². The maximum atomic E-state index is 13.9. The van der Waals surface area contributed by atoms with Crippen molar-refractivity contribution >= 4 is 17.7 Å². The molecule has 2 aliphatic rings. The summed E-state index contributed by atoms with van der Waals surface area (Å²) in [5.41, 5.74) is 1.35. The SMILES string of the molecule is CC[C@H]1OC(=O)[C@H](C)[C@H](C)[C@H](C)[C@H](O[C@@H]2O[C@H](C)C[C@H](N(C)Cc3ccc(-c4cn(CCCCCC(=O)NO)nn4)cc3)[C@@H]2O)[C@](C)(OC)C[C@@H](C)C(=O)[C@H](C)[C@@H](O)[C@]1(C)O. The lowest BCUT2D eigenvalue weighted by molar-refractivity contribution is -0.300. The van der Waals surface area contributed by atoms with Crippen LogP contribution in [0.5, 0.6) is 0 Å². The quantitative estimate of drug-likeness (QED) is 0.0755. The number of aryl methyl sites for hydroxylation is 1. The van der Waals surface area contributed by atoms with E-state index in [2.05, 4.69) is 15.2 Å². The van der Waals surface area contributed by atoms with E-state index in [4.69, 9.17) is 24.2 Å². The van der Waals surface area contributed by atoms with Crippen molar-refractivity contribution in [1.29, 1.82) is 0 Å². The molecule has 0 saturated carbocycles. The highest BCUT2D eigenvalue weighted by molar-refractivity contribution is 5.83. The van der Waals surface area contributed by atoms with Gasteiger partial charge in [0.2, 0.25) is 5.91 Å². The van der Waals surface area contributed by atoms with Crippen LogP contribution in [0.4, 0.5) is 0 Å². The number of amides is 1. The van der Waals surface area contributed by atoms with Crippen molar-refractivity contribution in [1.82, 2.24) is 25.4 Å². The normalized spacial score (nSPS) is 35.7. The van der Waals surface area contributed by atoms with Crippen LogP contribution >= 0.6 is 0 Å². The van der Waals surface area contributed by atoms with Crippen LogP contribution in [-0.4, -0.2) is 126 Å². The van der Waals surface area contributed by atoms with E-state index in [9.17, 15) is 29.7 Å². The summed E-state index contributed by atoms with van der Waals surface area (Å²) in [7, 11) is 3.51. The first-order chi connectivity index (χ1) is 28.7. The molecule has 0 unspecified atom stereocenters. The third-order valence-electron chi connectivity index (χ3n) is 13.6. The minimum absolute atomic E-state index is 0.195. The summed E-state index contributed by atoms with van der Waals surface area (Å²) >= 11 is 0. The standard InChI is InChI=1S/C45H73N5O11/c1-12-36-45(9,56)40(54)31(7)38(52)26(2)23-44(8,58-11)41(29(5)28(4)30(6)42(55)60-36)61-43-39(53)35(22-27(3)59-43)49(10)24-32-17-19-33(20-18-32)34-25-50(48-46-34)21-15-13-14-16-37(51)47-57/h17-20,25-31,35-36,39-41,43,53-54,56-57H,12-16,21-24H2,1-11H3,(H,47,51)/t26-,27-,28-,29+,30-,31+,35+,36-,39+,40-,41+,43+,44-,45-/m1/s1. The third kappa shape index (κ3) is 12.2. The number of Topliss-reactive ketones (excluding diaryl/α,β-unsaturated/α-hetero) is 1. The molecule has 61 heavy (non-hydrogen) atoms. The van der Waals surface area contributed by atoms with E-state index in [1.54, 1.807) is 45.0 Å². The first-order valence-electron chi connectivity index (χ1n) is 22.0. The van der Waals surface area contributed by atoms with Crippen LogP contribution in [0.3, 0.4) is 0 Å². The smallest absolute Gasteiger partial charge is 0.309 e. The molecule has 0 spiro atoms. The Labute approximate surface area is 361 Å². The number of nitrogens with one attached hydrogen (secondary N) is 1. The fourth-order valence-corrected chi connectivity index (χ4v) is 9.20. The summed E-state index contributed by atoms with van der Waals surface area (Å²) in [4.78, 5) is 41.0. The largest absolute Gasteiger partial charge is 0.459 e. The number of aromatic nitrogens is 3. The lowest BCUT2D eigenvalue weighted by Gasteiger charge is -2.48. The number of unbranched alkanes of at least 4 members (excludes halogenated alkanes) is 2. The second kappa shape index (κ2) is 21.8. The van der Waals surface area contributed by atoms with Crippen molar-refractivity contribution in [3.63, 3.8) is 0 Å². The van der Waals surface area contributed by atoms with Gasteiger partial charge in [-0.15, -0.1) is 5.10 Å². The van der Waals surface area contributed by atoms with Gasteiger partial charge >= 0.3 is 5.97 Å². The van der Waals surface area contributed by atoms with Gasteiger partial charge in [0.15, 0.2) is 6.29 Å². The second-order valence-electron chi connectivity index (χ2n) is 18.3. The summed E-state index contributed by atoms with van der Waals surface area (Å²) in [6, 6.07) is 7.70. The Kier molecular flexibility index (Phi) is 18.0. The number of aliphatic hydroxyl groups is 3. The zero-order valence-electron chi connectivity index (χ0n) is 38.1. The predicted octanol–water partition coefficient (Wildman–Crippen LogP) is 4.68. The summed E-state index contributed by atoms with van der Waals surface area (Å²) in [6.07, 6.45) is -0.265. The van der Waals surface area contributed by atoms with Gasteiger partial charge in [-0.2, -0.15) is 0 Å². The summed E-state index contributed by atoms with van der Waals surface area (Å²) in [5.74, 6) is -4.19.